The predicted molar refractivity (Wildman–Crippen MR) is 578 cm³/mol. The van der Waals surface area contributed by atoms with Crippen molar-refractivity contribution in [3.63, 3.8) is 0 Å². The molecule has 17 rings (SSSR count). The first-order valence-electron chi connectivity index (χ1n) is 44.0. The molecule has 0 unspecified atom stereocenters. The molecule has 44 nitrogen and oxygen atoms in total. The van der Waals surface area contributed by atoms with Crippen molar-refractivity contribution in [2.75, 3.05) is 186 Å². The molecule has 5 heterocycles. The van der Waals surface area contributed by atoms with E-state index in [4.69, 9.17) is 68.2 Å². The second kappa shape index (κ2) is 56.8. The Morgan fingerprint density at radius 2 is 0.430 bits per heavy atom. The van der Waals surface area contributed by atoms with Crippen LogP contribution in [-0.4, -0.2) is 135 Å². The number of nitrogens with two attached hydrogens (primary N) is 13. The van der Waals surface area contributed by atoms with Gasteiger partial charge in [-0.3, -0.25) is 0 Å². The number of nitrogens with zero attached hydrogens (tertiary/aromatic N) is 15. The summed E-state index contributed by atoms with van der Waals surface area (Å²) in [5.41, 5.74) is 89.0. The molecule has 732 valence electrons. The molecule has 12 aromatic carbocycles. The van der Waals surface area contributed by atoms with E-state index < -0.39 is 0 Å². The van der Waals surface area contributed by atoms with Crippen LogP contribution in [0, 0.1) is 0 Å². The smallest absolute Gasteiger partial charge is 0.233 e. The maximum atomic E-state index is 9.07. The number of ether oxygens (including phenoxy) is 1. The third-order valence-corrected chi connectivity index (χ3v) is 18.3. The Morgan fingerprint density at radius 1 is 0.218 bits per heavy atom. The fourth-order valence-corrected chi connectivity index (χ4v) is 12.2. The SMILES string of the molecule is CN.CN.COC.NCCNc1nc(Nc2ccccc2)nc(Nc2cccc(N)c2)n1.Nc1ccc(CCNc2nc(Nc3cccc(N)c3)nc(Nc3cccc(N)c3)n2)cc1.Nc1cccc(Nc2nc(N)nc(NCc3ccccc3)n2)c1.Nc1cccc(Nc2nc(NCO)nc(Nc3cccc(N)c3)n2)c1.Nc1cccc(Nc2nc(NCc3ccccc3)nc(Nc3cccc(N)c3)n2)c1. The van der Waals surface area contributed by atoms with Crippen LogP contribution in [0.25, 0.3) is 0 Å². The third kappa shape index (κ3) is 37.9. The summed E-state index contributed by atoms with van der Waals surface area (Å²) in [5.74, 6) is 5.39. The zero-order valence-corrected chi connectivity index (χ0v) is 78.5. The number of methoxy groups -OCH3 is 1. The van der Waals surface area contributed by atoms with Gasteiger partial charge in [0, 0.05) is 149 Å². The normalized spacial score (nSPS) is 10.1. The van der Waals surface area contributed by atoms with Crippen molar-refractivity contribution in [1.29, 1.82) is 0 Å². The summed E-state index contributed by atoms with van der Waals surface area (Å²) in [4.78, 5) is 65.2. The van der Waals surface area contributed by atoms with E-state index in [1.54, 1.807) is 56.7 Å². The molecule has 0 amide bonds. The molecule has 0 atom stereocenters. The molecule has 44 heteroatoms. The molecule has 0 bridgehead atoms. The van der Waals surface area contributed by atoms with Crippen molar-refractivity contribution in [2.45, 2.75) is 19.5 Å². The van der Waals surface area contributed by atoms with Crippen molar-refractivity contribution in [3.8, 4) is 0 Å². The summed E-state index contributed by atoms with van der Waals surface area (Å²) >= 11 is 0. The van der Waals surface area contributed by atoms with Crippen LogP contribution in [0.5, 0.6) is 0 Å². The zero-order valence-electron chi connectivity index (χ0n) is 78.5. The lowest BCUT2D eigenvalue weighted by atomic mass is 10.1. The monoisotopic (exact) mass is 1920 g/mol. The summed E-state index contributed by atoms with van der Waals surface area (Å²) in [6.07, 6.45) is 0.794. The number of rotatable bonds is 33. The quantitative estimate of drug-likeness (QED) is 0.0134. The topological polar surface area (TPSA) is 729 Å². The highest BCUT2D eigenvalue weighted by atomic mass is 16.4. The summed E-state index contributed by atoms with van der Waals surface area (Å²) in [5, 5.41) is 52.6. The number of hydrogen-bond acceptors (Lipinski definition) is 44. The van der Waals surface area contributed by atoms with E-state index in [0.29, 0.717) is 156 Å². The van der Waals surface area contributed by atoms with Crippen LogP contribution in [0.1, 0.15) is 16.7 Å². The first-order valence-corrected chi connectivity index (χ1v) is 44.0. The lowest BCUT2D eigenvalue weighted by Crippen LogP contribution is -2.16. The minimum absolute atomic E-state index is 0.141. The predicted octanol–water partition coefficient (Wildman–Crippen LogP) is 13.9. The Labute approximate surface area is 821 Å². The average molecular weight is 1920 g/mol. The van der Waals surface area contributed by atoms with Crippen LogP contribution in [0.15, 0.2) is 309 Å². The van der Waals surface area contributed by atoms with Crippen LogP contribution in [0.4, 0.5) is 192 Å². The van der Waals surface area contributed by atoms with Gasteiger partial charge in [-0.05, 0) is 207 Å². The second-order valence-corrected chi connectivity index (χ2v) is 29.6. The molecule has 0 aliphatic carbocycles. The highest BCUT2D eigenvalue weighted by molar-refractivity contribution is 5.70. The summed E-state index contributed by atoms with van der Waals surface area (Å²) in [6, 6.07) is 96.0. The molecule has 0 saturated carbocycles. The van der Waals surface area contributed by atoms with Crippen molar-refractivity contribution < 1.29 is 9.84 Å². The number of aliphatic hydroxyl groups is 1. The van der Waals surface area contributed by atoms with Gasteiger partial charge in [-0.15, -0.1) is 0 Å². The van der Waals surface area contributed by atoms with Gasteiger partial charge in [0.15, 0.2) is 0 Å². The molecular weight excluding hydrogens is 1800 g/mol. The van der Waals surface area contributed by atoms with E-state index in [9.17, 15) is 0 Å². The minimum atomic E-state index is -0.306. The molecule has 17 aromatic rings. The molecule has 0 radical (unpaired) electrons. The van der Waals surface area contributed by atoms with Gasteiger partial charge in [-0.2, -0.15) is 74.8 Å². The maximum absolute atomic E-state index is 9.07. The third-order valence-electron chi connectivity index (χ3n) is 18.3. The van der Waals surface area contributed by atoms with E-state index in [0.717, 1.165) is 80.0 Å². The van der Waals surface area contributed by atoms with Crippen LogP contribution < -0.4 is 149 Å². The summed E-state index contributed by atoms with van der Waals surface area (Å²) in [7, 11) is 6.25. The molecule has 142 heavy (non-hydrogen) atoms. The highest BCUT2D eigenvalue weighted by Gasteiger charge is 2.16. The van der Waals surface area contributed by atoms with E-state index >= 15 is 0 Å². The Hall–Kier alpha value is -19.3. The largest absolute Gasteiger partial charge is 0.399 e. The van der Waals surface area contributed by atoms with Crippen molar-refractivity contribution in [1.82, 2.24) is 74.8 Å². The number of hydrogen-bond donors (Lipinski definition) is 28. The van der Waals surface area contributed by atoms with Gasteiger partial charge < -0.3 is 159 Å². The Balaban J connectivity index is 0.000000180. The fourth-order valence-electron chi connectivity index (χ4n) is 12.2. The van der Waals surface area contributed by atoms with Gasteiger partial charge in [0.1, 0.15) is 6.73 Å². The number of nitrogens with one attached hydrogen (secondary N) is 14. The van der Waals surface area contributed by atoms with Gasteiger partial charge in [0.2, 0.25) is 89.2 Å². The Kier molecular flexibility index (Phi) is 41.9. The van der Waals surface area contributed by atoms with E-state index in [-0.39, 0.29) is 18.6 Å². The number of nitrogen functional groups attached to an aromatic ring is 10. The van der Waals surface area contributed by atoms with Gasteiger partial charge >= 0.3 is 0 Å². The zero-order chi connectivity index (χ0) is 101. The molecule has 0 saturated heterocycles. The molecule has 0 aliphatic heterocycles. The molecule has 0 aliphatic rings. The molecule has 41 N–H and O–H groups in total. The summed E-state index contributed by atoms with van der Waals surface area (Å²) < 4.78 is 4.25. The lowest BCUT2D eigenvalue weighted by Gasteiger charge is -2.12. The standard InChI is InChI=1S/C23H25N9.C22H22N8.C17H20N8.C16H18N8O.C16H17N7.C2H6O.2CH5N/c24-16-9-7-15(8-10-16)11-12-27-21-30-22(28-19-5-1-3-17(25)13-19)32-23(31-21)29-20-6-2-4-18(26)14-20;23-16-8-4-10-18(12-16)26-21-28-20(25-14-15-6-2-1-3-7-15)29-22(30-21)27-19-11-5-9-17(24)13-19;18-9-10-20-15-23-16(21-13-6-2-1-3-7-13)25-17(24-15)22-14-8-4-5-12(19)11-14;17-10-3-1-5-12(7-10)20-15-22-14(19-9-25)23-16(24-15)21-13-6-2-4-11(18)8-13;17-12-7-4-8-13(9-12)20-16-22-14(18)21-15(23-16)19-10-11-5-2-1-3-6-11;1-3-2;2*1-2/h1-10,13-14H,11-12,24-26H2,(H3,27,28,29,30,31,32);1-13H,14,23-24H2,(H3,25,26,27,28,29,30);1-8,11H,9-10,18-19H2,(H3,20,21,22,23,24,25);1-8,25H,9,17-18H2,(H3,19,20,21,22,23,24);1-9H,10,17H2,(H4,18,19,20,21,22,23);1-2H3;2*2H2,1H3. The van der Waals surface area contributed by atoms with Gasteiger partial charge in [0.05, 0.1) is 0 Å². The number of anilines is 33. The number of aromatic nitrogens is 15. The number of para-hydroxylation sites is 1. The van der Waals surface area contributed by atoms with Gasteiger partial charge in [-0.1, -0.05) is 140 Å². The van der Waals surface area contributed by atoms with E-state index in [2.05, 4.69) is 165 Å². The highest BCUT2D eigenvalue weighted by Crippen LogP contribution is 2.29. The molecule has 0 spiro atoms. The van der Waals surface area contributed by atoms with Crippen molar-refractivity contribution in [3.05, 3.63) is 326 Å². The van der Waals surface area contributed by atoms with Gasteiger partial charge in [0.25, 0.3) is 0 Å². The van der Waals surface area contributed by atoms with E-state index in [1.165, 1.54) is 14.1 Å². The molecular formula is C98H118N42O2. The maximum Gasteiger partial charge on any atom is 0.233 e. The van der Waals surface area contributed by atoms with Crippen LogP contribution >= 0.6 is 0 Å². The van der Waals surface area contributed by atoms with Gasteiger partial charge in [-0.25, -0.2) is 0 Å². The lowest BCUT2D eigenvalue weighted by molar-refractivity contribution is 0.277. The first-order chi connectivity index (χ1) is 69.1. The average Bonchev–Trinajstić information content (AvgIpc) is 0.850. The Bertz CT molecular complexity index is 6470. The van der Waals surface area contributed by atoms with E-state index in [1.807, 2.05) is 267 Å². The van der Waals surface area contributed by atoms with Crippen LogP contribution in [0.3, 0.4) is 0 Å². The summed E-state index contributed by atoms with van der Waals surface area (Å²) in [6.45, 7) is 2.56. The first kappa shape index (κ1) is 105. The van der Waals surface area contributed by atoms with Crippen molar-refractivity contribution in [2.24, 2.45) is 17.2 Å². The second-order valence-electron chi connectivity index (χ2n) is 29.6. The number of aliphatic hydroxyl groups excluding tert-OH is 1. The number of benzene rings is 12. The molecule has 0 fully saturated rings. The van der Waals surface area contributed by atoms with Crippen molar-refractivity contribution >= 4 is 192 Å². The minimum Gasteiger partial charge on any atom is -0.399 e. The Morgan fingerprint density at radius 3 is 0.690 bits per heavy atom. The molecule has 5 aromatic heterocycles. The van der Waals surface area contributed by atoms with Crippen LogP contribution in [0.2, 0.25) is 0 Å². The fraction of sp³-hybridized carbons (Fsp3) is 0.112. The van der Waals surface area contributed by atoms with Crippen LogP contribution in [-0.2, 0) is 24.2 Å².